The number of rotatable bonds is 2. The van der Waals surface area contributed by atoms with Gasteiger partial charge in [0.05, 0.1) is 0 Å². The van der Waals surface area contributed by atoms with Crippen LogP contribution in [0.25, 0.3) is 59.6 Å². The lowest BCUT2D eigenvalue weighted by atomic mass is 9.89. The number of anilines is 2. The summed E-state index contributed by atoms with van der Waals surface area (Å²) in [4.78, 5) is 22.9. The Bertz CT molecular complexity index is 2180. The maximum atomic E-state index is 4.74. The van der Waals surface area contributed by atoms with Crippen LogP contribution in [0.5, 0.6) is 0 Å². The molecule has 0 unspecified atom stereocenters. The van der Waals surface area contributed by atoms with Gasteiger partial charge in [-0.2, -0.15) is 0 Å². The fourth-order valence-corrected chi connectivity index (χ4v) is 5.97. The Balaban J connectivity index is 0.00000142. The van der Waals surface area contributed by atoms with Crippen LogP contribution in [0.3, 0.4) is 0 Å². The number of aliphatic imine (C=N–C) groups is 1. The van der Waals surface area contributed by atoms with Crippen molar-refractivity contribution in [3.63, 3.8) is 0 Å². The lowest BCUT2D eigenvalue weighted by Gasteiger charge is -2.13. The highest BCUT2D eigenvalue weighted by Crippen LogP contribution is 2.42. The molecule has 0 radical (unpaired) electrons. The zero-order chi connectivity index (χ0) is 28.3. The van der Waals surface area contributed by atoms with Gasteiger partial charge in [-0.15, -0.1) is 0 Å². The van der Waals surface area contributed by atoms with Gasteiger partial charge in [0.1, 0.15) is 17.5 Å². The second-order valence-electron chi connectivity index (χ2n) is 9.52. The summed E-state index contributed by atoms with van der Waals surface area (Å²) in [5, 5.41) is 20.8. The second-order valence-corrected chi connectivity index (χ2v) is 9.52. The Kier molecular flexibility index (Phi) is 5.98. The lowest BCUT2D eigenvalue weighted by molar-refractivity contribution is 1.17. The molecule has 6 aromatic rings. The monoisotopic (exact) mass is 528 g/mol. The third-order valence-corrected chi connectivity index (χ3v) is 7.74. The average Bonchev–Trinajstić information content (AvgIpc) is 3.65. The maximum absolute atomic E-state index is 4.74. The average molecular weight is 529 g/mol. The molecule has 4 aromatic carbocycles. The van der Waals surface area contributed by atoms with E-state index in [0.717, 1.165) is 99.1 Å². The summed E-state index contributed by atoms with van der Waals surface area (Å²) in [6.45, 7) is 8.26. The molecule has 0 fully saturated rings. The van der Waals surface area contributed by atoms with E-state index in [9.17, 15) is 0 Å². The van der Waals surface area contributed by atoms with E-state index in [2.05, 4.69) is 73.9 Å². The topological polar surface area (TPSA) is 99.0 Å². The van der Waals surface area contributed by atoms with Gasteiger partial charge >= 0.3 is 0 Å². The number of nitrogens with one attached hydrogen (secondary N) is 3. The maximum Gasteiger partial charge on any atom is 0.157 e. The van der Waals surface area contributed by atoms with E-state index in [1.807, 2.05) is 27.9 Å². The summed E-state index contributed by atoms with van der Waals surface area (Å²) in [6.07, 6.45) is 0. The van der Waals surface area contributed by atoms with Crippen molar-refractivity contribution in [2.24, 2.45) is 15.0 Å². The van der Waals surface area contributed by atoms with Crippen molar-refractivity contribution in [1.82, 2.24) is 15.3 Å². The van der Waals surface area contributed by atoms with Crippen molar-refractivity contribution in [2.75, 3.05) is 45.9 Å². The molecule has 3 N–H and O–H groups in total. The molecule has 0 bridgehead atoms. The van der Waals surface area contributed by atoms with Gasteiger partial charge in [0.15, 0.2) is 11.0 Å². The van der Waals surface area contributed by atoms with E-state index in [-0.39, 0.29) is 0 Å². The van der Waals surface area contributed by atoms with Crippen LogP contribution in [0.1, 0.15) is 25.0 Å². The molecule has 7 rings (SSSR count). The predicted octanol–water partition coefficient (Wildman–Crippen LogP) is 5.24. The first kappa shape index (κ1) is 25.4. The van der Waals surface area contributed by atoms with Gasteiger partial charge in [0, 0.05) is 73.6 Å². The zero-order valence-electron chi connectivity index (χ0n) is 23.9. The molecule has 200 valence electrons. The van der Waals surface area contributed by atoms with Crippen LogP contribution in [-0.2, 0) is 0 Å². The first-order chi connectivity index (χ1) is 19.5. The first-order valence-corrected chi connectivity index (χ1v) is 13.5. The van der Waals surface area contributed by atoms with Crippen LogP contribution in [0.2, 0.25) is 0 Å². The van der Waals surface area contributed by atoms with Crippen LogP contribution in [-0.4, -0.2) is 51.0 Å². The Morgan fingerprint density at radius 3 is 1.38 bits per heavy atom. The van der Waals surface area contributed by atoms with Gasteiger partial charge in [0.2, 0.25) is 0 Å². The molecule has 40 heavy (non-hydrogen) atoms. The number of hydrogen-bond donors (Lipinski definition) is 3. The molecule has 3 heterocycles. The molecule has 8 nitrogen and oxygen atoms in total. The highest BCUT2D eigenvalue weighted by atomic mass is 15.0. The Labute approximate surface area is 232 Å². The third-order valence-electron chi connectivity index (χ3n) is 7.74. The van der Waals surface area contributed by atoms with Crippen molar-refractivity contribution in [3.05, 3.63) is 65.1 Å². The molecule has 2 aromatic heterocycles. The quantitative estimate of drug-likeness (QED) is 0.267. The van der Waals surface area contributed by atoms with Crippen molar-refractivity contribution >= 4 is 77.0 Å². The minimum Gasteiger partial charge on any atom is -0.373 e. The molecule has 0 amide bonds. The van der Waals surface area contributed by atoms with Crippen molar-refractivity contribution in [1.29, 1.82) is 0 Å². The summed E-state index contributed by atoms with van der Waals surface area (Å²) in [5.41, 5.74) is 4.44. The zero-order valence-corrected chi connectivity index (χ0v) is 23.9. The van der Waals surface area contributed by atoms with Crippen LogP contribution in [0.15, 0.2) is 58.0 Å². The third kappa shape index (κ3) is 3.35. The molecule has 0 saturated carbocycles. The van der Waals surface area contributed by atoms with E-state index in [0.29, 0.717) is 0 Å². The summed E-state index contributed by atoms with van der Waals surface area (Å²) in [5.74, 6) is 2.48. The smallest absolute Gasteiger partial charge is 0.157 e. The van der Waals surface area contributed by atoms with Crippen molar-refractivity contribution in [2.45, 2.75) is 13.8 Å². The van der Waals surface area contributed by atoms with Gasteiger partial charge in [-0.25, -0.2) is 9.97 Å². The molecular formula is C32H32N8. The fourth-order valence-electron chi connectivity index (χ4n) is 5.97. The van der Waals surface area contributed by atoms with Crippen LogP contribution < -0.4 is 26.9 Å². The van der Waals surface area contributed by atoms with Crippen LogP contribution >= 0.6 is 0 Å². The number of nitrogens with zero attached hydrogens (tertiary/aromatic N) is 5. The molecule has 8 heteroatoms. The minimum absolute atomic E-state index is 0.730. The highest BCUT2D eigenvalue weighted by molar-refractivity contribution is 6.31. The van der Waals surface area contributed by atoms with E-state index < -0.39 is 0 Å². The molecule has 0 atom stereocenters. The molecule has 0 saturated heterocycles. The van der Waals surface area contributed by atoms with Crippen LogP contribution in [0.4, 0.5) is 11.6 Å². The van der Waals surface area contributed by atoms with Crippen molar-refractivity contribution < 1.29 is 0 Å². The number of amidine groups is 1. The standard InChI is InChI=1S/C30H26N8.C2H6/c1-13-14-7-15-16(8-21(14)26(31-2)36-13)18-10-23-25(30(35-6)38-28(23)33-4)12-20(18)19-11-24-22(9-17(15)19)27(32-3)37-29(24)34-5;1-2/h7-12H,1H2,2-6H3,(H,31,36)(H,32,34,37)(H,33,35,38);1-2H3. The molecular weight excluding hydrogens is 496 g/mol. The Morgan fingerprint density at radius 1 is 0.575 bits per heavy atom. The molecule has 1 aliphatic heterocycles. The van der Waals surface area contributed by atoms with Gasteiger partial charge < -0.3 is 16.0 Å². The number of fused-ring (bicyclic) bond motifs is 9. The van der Waals surface area contributed by atoms with E-state index in [1.54, 1.807) is 21.1 Å². The van der Waals surface area contributed by atoms with Gasteiger partial charge in [0.25, 0.3) is 0 Å². The first-order valence-electron chi connectivity index (χ1n) is 13.5. The SMILES string of the molecule is C=C1NC(=NC)c2cc3c(cc21)c1cc2c(=NC)nc(NC)c2cc1c1cc2c(NC)nc(=NC)c2cc31.CC. The van der Waals surface area contributed by atoms with E-state index in [4.69, 9.17) is 9.97 Å². The molecule has 0 spiro atoms. The highest BCUT2D eigenvalue weighted by Gasteiger charge is 2.24. The van der Waals surface area contributed by atoms with Crippen molar-refractivity contribution in [3.8, 4) is 0 Å². The van der Waals surface area contributed by atoms with Gasteiger partial charge in [-0.1, -0.05) is 20.4 Å². The number of benzene rings is 4. The normalized spacial score (nSPS) is 15.0. The predicted molar refractivity (Wildman–Crippen MR) is 170 cm³/mol. The summed E-state index contributed by atoms with van der Waals surface area (Å²) < 4.78 is 0. The molecule has 1 aliphatic rings. The summed E-state index contributed by atoms with van der Waals surface area (Å²) >= 11 is 0. The molecule has 0 aliphatic carbocycles. The minimum atomic E-state index is 0.730. The Morgan fingerprint density at radius 2 is 0.975 bits per heavy atom. The largest absolute Gasteiger partial charge is 0.373 e. The lowest BCUT2D eigenvalue weighted by Crippen LogP contribution is -2.13. The van der Waals surface area contributed by atoms with E-state index >= 15 is 0 Å². The van der Waals surface area contributed by atoms with Gasteiger partial charge in [-0.3, -0.25) is 15.0 Å². The van der Waals surface area contributed by atoms with E-state index in [1.165, 1.54) is 0 Å². The number of aromatic nitrogens is 2. The second kappa shape index (κ2) is 9.41. The van der Waals surface area contributed by atoms with Gasteiger partial charge in [-0.05, 0) is 68.7 Å². The number of hydrogen-bond acceptors (Lipinski definition) is 7. The summed E-state index contributed by atoms with van der Waals surface area (Å²) in [6, 6.07) is 13.4. The summed E-state index contributed by atoms with van der Waals surface area (Å²) in [7, 11) is 9.16. The fraction of sp³-hybridized carbons (Fsp3) is 0.219. The van der Waals surface area contributed by atoms with Crippen LogP contribution in [0, 0.1) is 0 Å². The Hall–Kier alpha value is -4.85.